The third kappa shape index (κ3) is 5.02. The van der Waals surface area contributed by atoms with Crippen LogP contribution in [-0.2, 0) is 11.2 Å². The average molecular weight is 338 g/mol. The lowest BCUT2D eigenvalue weighted by Gasteiger charge is -2.32. The predicted octanol–water partition coefficient (Wildman–Crippen LogP) is 3.67. The van der Waals surface area contributed by atoms with Crippen LogP contribution in [0.4, 0.5) is 11.6 Å². The highest BCUT2D eigenvalue weighted by Crippen LogP contribution is 2.24. The Morgan fingerprint density at radius 2 is 1.88 bits per heavy atom. The first-order valence-corrected chi connectivity index (χ1v) is 9.17. The standard InChI is InChI=1S/C20H26N4O/c1-2-6-20(25)21-18-9-10-19(23-22-18)24-13-11-17(12-14-24)15-16-7-4-3-5-8-16/h3-5,7-10,17H,2,6,11-15H2,1H3,(H,21,22,25). The van der Waals surface area contributed by atoms with E-state index in [9.17, 15) is 4.79 Å². The molecule has 0 bridgehead atoms. The highest BCUT2D eigenvalue weighted by atomic mass is 16.1. The number of piperidine rings is 1. The number of aromatic nitrogens is 2. The van der Waals surface area contributed by atoms with Crippen molar-refractivity contribution in [2.45, 2.75) is 39.0 Å². The number of hydrogen-bond donors (Lipinski definition) is 1. The van der Waals surface area contributed by atoms with Gasteiger partial charge in [-0.2, -0.15) is 0 Å². The summed E-state index contributed by atoms with van der Waals surface area (Å²) in [6, 6.07) is 14.5. The Bertz CT molecular complexity index is 664. The van der Waals surface area contributed by atoms with Crippen molar-refractivity contribution < 1.29 is 4.79 Å². The zero-order valence-corrected chi connectivity index (χ0v) is 14.8. The second-order valence-corrected chi connectivity index (χ2v) is 6.70. The van der Waals surface area contributed by atoms with E-state index in [4.69, 9.17) is 0 Å². The van der Waals surface area contributed by atoms with Gasteiger partial charge in [0.15, 0.2) is 11.6 Å². The molecule has 0 unspecified atom stereocenters. The molecule has 1 aliphatic heterocycles. The van der Waals surface area contributed by atoms with E-state index in [-0.39, 0.29) is 5.91 Å². The van der Waals surface area contributed by atoms with Gasteiger partial charge in [0.1, 0.15) is 0 Å². The summed E-state index contributed by atoms with van der Waals surface area (Å²) in [5, 5.41) is 11.2. The van der Waals surface area contributed by atoms with Gasteiger partial charge in [-0.15, -0.1) is 10.2 Å². The molecular weight excluding hydrogens is 312 g/mol. The lowest BCUT2D eigenvalue weighted by Crippen LogP contribution is -2.35. The van der Waals surface area contributed by atoms with Crippen LogP contribution in [0.5, 0.6) is 0 Å². The zero-order chi connectivity index (χ0) is 17.5. The van der Waals surface area contributed by atoms with Crippen molar-refractivity contribution >= 4 is 17.5 Å². The molecule has 0 radical (unpaired) electrons. The van der Waals surface area contributed by atoms with Gasteiger partial charge >= 0.3 is 0 Å². The number of carbonyl (C=O) groups is 1. The van der Waals surface area contributed by atoms with Crippen LogP contribution in [0.25, 0.3) is 0 Å². The molecule has 1 N–H and O–H groups in total. The van der Waals surface area contributed by atoms with Crippen LogP contribution < -0.4 is 10.2 Å². The summed E-state index contributed by atoms with van der Waals surface area (Å²) >= 11 is 0. The molecule has 1 aromatic heterocycles. The Kier molecular flexibility index (Phi) is 5.99. The highest BCUT2D eigenvalue weighted by molar-refractivity contribution is 5.89. The molecule has 2 heterocycles. The molecule has 1 aromatic carbocycles. The van der Waals surface area contributed by atoms with E-state index in [2.05, 4.69) is 50.7 Å². The molecule has 5 heteroatoms. The fraction of sp³-hybridized carbons (Fsp3) is 0.450. The van der Waals surface area contributed by atoms with Gasteiger partial charge in [-0.3, -0.25) is 4.79 Å². The molecule has 25 heavy (non-hydrogen) atoms. The minimum absolute atomic E-state index is 0.00808. The lowest BCUT2D eigenvalue weighted by molar-refractivity contribution is -0.116. The summed E-state index contributed by atoms with van der Waals surface area (Å²) in [7, 11) is 0. The molecule has 1 amide bonds. The third-order valence-corrected chi connectivity index (χ3v) is 4.70. The summed E-state index contributed by atoms with van der Waals surface area (Å²) in [5.74, 6) is 2.15. The maximum Gasteiger partial charge on any atom is 0.225 e. The van der Waals surface area contributed by atoms with Gasteiger partial charge in [-0.1, -0.05) is 37.3 Å². The van der Waals surface area contributed by atoms with Crippen LogP contribution in [0.1, 0.15) is 38.2 Å². The molecule has 0 aliphatic carbocycles. The second kappa shape index (κ2) is 8.60. The van der Waals surface area contributed by atoms with Crippen molar-refractivity contribution in [3.8, 4) is 0 Å². The Morgan fingerprint density at radius 3 is 2.52 bits per heavy atom. The van der Waals surface area contributed by atoms with E-state index < -0.39 is 0 Å². The Labute approximate surface area is 149 Å². The average Bonchev–Trinajstić information content (AvgIpc) is 2.64. The normalized spacial score (nSPS) is 15.2. The number of hydrogen-bond acceptors (Lipinski definition) is 4. The molecule has 1 aliphatic rings. The van der Waals surface area contributed by atoms with Gasteiger partial charge < -0.3 is 10.2 Å². The van der Waals surface area contributed by atoms with Gasteiger partial charge in [0.05, 0.1) is 0 Å². The van der Waals surface area contributed by atoms with Gasteiger partial charge in [0, 0.05) is 19.5 Å². The molecule has 1 saturated heterocycles. The quantitative estimate of drug-likeness (QED) is 0.873. The molecule has 0 saturated carbocycles. The highest BCUT2D eigenvalue weighted by Gasteiger charge is 2.20. The maximum atomic E-state index is 11.6. The van der Waals surface area contributed by atoms with Gasteiger partial charge in [0.2, 0.25) is 5.91 Å². The summed E-state index contributed by atoms with van der Waals surface area (Å²) in [4.78, 5) is 13.9. The topological polar surface area (TPSA) is 58.1 Å². The largest absolute Gasteiger partial charge is 0.355 e. The van der Waals surface area contributed by atoms with E-state index in [0.717, 1.165) is 37.7 Å². The fourth-order valence-corrected chi connectivity index (χ4v) is 3.31. The van der Waals surface area contributed by atoms with Gasteiger partial charge in [0.25, 0.3) is 0 Å². The van der Waals surface area contributed by atoms with E-state index in [1.165, 1.54) is 18.4 Å². The predicted molar refractivity (Wildman–Crippen MR) is 101 cm³/mol. The second-order valence-electron chi connectivity index (χ2n) is 6.70. The minimum Gasteiger partial charge on any atom is -0.355 e. The molecule has 132 valence electrons. The third-order valence-electron chi connectivity index (χ3n) is 4.70. The minimum atomic E-state index is -0.00808. The van der Waals surface area contributed by atoms with Crippen LogP contribution in [0.2, 0.25) is 0 Å². The molecule has 0 spiro atoms. The lowest BCUT2D eigenvalue weighted by atomic mass is 9.90. The van der Waals surface area contributed by atoms with Crippen LogP contribution in [0.15, 0.2) is 42.5 Å². The number of rotatable bonds is 6. The first kappa shape index (κ1) is 17.4. The summed E-state index contributed by atoms with van der Waals surface area (Å²) in [6.07, 6.45) is 4.84. The van der Waals surface area contributed by atoms with Gasteiger partial charge in [-0.05, 0) is 49.3 Å². The van der Waals surface area contributed by atoms with E-state index in [1.807, 2.05) is 19.1 Å². The van der Waals surface area contributed by atoms with Crippen LogP contribution in [0, 0.1) is 5.92 Å². The SMILES string of the molecule is CCCC(=O)Nc1ccc(N2CCC(Cc3ccccc3)CC2)nn1. The number of nitrogens with zero attached hydrogens (tertiary/aromatic N) is 3. The molecule has 3 rings (SSSR count). The van der Waals surface area contributed by atoms with E-state index in [1.54, 1.807) is 0 Å². The van der Waals surface area contributed by atoms with Crippen molar-refractivity contribution in [1.29, 1.82) is 0 Å². The van der Waals surface area contributed by atoms with Crippen molar-refractivity contribution in [3.63, 3.8) is 0 Å². The molecule has 2 aromatic rings. The number of anilines is 2. The smallest absolute Gasteiger partial charge is 0.225 e. The van der Waals surface area contributed by atoms with Crippen LogP contribution in [-0.4, -0.2) is 29.2 Å². The fourth-order valence-electron chi connectivity index (χ4n) is 3.31. The molecular formula is C20H26N4O. The Hall–Kier alpha value is -2.43. The molecule has 0 atom stereocenters. The number of benzene rings is 1. The monoisotopic (exact) mass is 338 g/mol. The molecule has 5 nitrogen and oxygen atoms in total. The first-order chi connectivity index (χ1) is 12.2. The number of carbonyl (C=O) groups excluding carboxylic acids is 1. The van der Waals surface area contributed by atoms with Gasteiger partial charge in [-0.25, -0.2) is 0 Å². The zero-order valence-electron chi connectivity index (χ0n) is 14.8. The van der Waals surface area contributed by atoms with Crippen molar-refractivity contribution in [3.05, 3.63) is 48.0 Å². The van der Waals surface area contributed by atoms with Crippen molar-refractivity contribution in [2.75, 3.05) is 23.3 Å². The van der Waals surface area contributed by atoms with E-state index >= 15 is 0 Å². The van der Waals surface area contributed by atoms with Crippen molar-refractivity contribution in [1.82, 2.24) is 10.2 Å². The van der Waals surface area contributed by atoms with Crippen LogP contribution >= 0.6 is 0 Å². The summed E-state index contributed by atoms with van der Waals surface area (Å²) in [5.41, 5.74) is 1.42. The first-order valence-electron chi connectivity index (χ1n) is 9.17. The number of amides is 1. The van der Waals surface area contributed by atoms with E-state index in [0.29, 0.717) is 12.2 Å². The Morgan fingerprint density at radius 1 is 1.12 bits per heavy atom. The molecule has 1 fully saturated rings. The summed E-state index contributed by atoms with van der Waals surface area (Å²) < 4.78 is 0. The van der Waals surface area contributed by atoms with Crippen LogP contribution in [0.3, 0.4) is 0 Å². The Balaban J connectivity index is 1.50. The van der Waals surface area contributed by atoms with Crippen molar-refractivity contribution in [2.24, 2.45) is 5.92 Å². The number of nitrogens with one attached hydrogen (secondary N) is 1. The summed E-state index contributed by atoms with van der Waals surface area (Å²) in [6.45, 7) is 4.00. The maximum absolute atomic E-state index is 11.6.